The molecule has 0 saturated heterocycles. The predicted octanol–water partition coefficient (Wildman–Crippen LogP) is 3.77. The lowest BCUT2D eigenvalue weighted by atomic mass is 10.0. The number of carbonyl (C=O) groups is 6. The van der Waals surface area contributed by atoms with Crippen molar-refractivity contribution in [1.82, 2.24) is 16.0 Å². The van der Waals surface area contributed by atoms with E-state index in [1.54, 1.807) is 7.05 Å². The smallest absolute Gasteiger partial charge is 0.337 e. The zero-order chi connectivity index (χ0) is 45.3. The maximum atomic E-state index is 12.7. The Morgan fingerprint density at radius 2 is 0.831 bits per heavy atom. The first-order chi connectivity index (χ1) is 27.6. The van der Waals surface area contributed by atoms with E-state index in [1.807, 2.05) is 136 Å². The first kappa shape index (κ1) is 56.4. The molecular weight excluding hydrogens is 1460 g/mol. The van der Waals surface area contributed by atoms with Crippen LogP contribution in [0.15, 0.2) is 0 Å². The van der Waals surface area contributed by atoms with Gasteiger partial charge in [-0.25, -0.2) is 9.59 Å². The fraction of sp³-hybridized carbons (Fsp3) is 0.486. The number of aliphatic hydroxyl groups is 5. The summed E-state index contributed by atoms with van der Waals surface area (Å²) >= 11 is 11.3. The van der Waals surface area contributed by atoms with Crippen molar-refractivity contribution in [3.63, 3.8) is 0 Å². The van der Waals surface area contributed by atoms with Gasteiger partial charge in [0.05, 0.1) is 60.6 Å². The summed E-state index contributed by atoms with van der Waals surface area (Å²) in [5.41, 5.74) is 0.940. The largest absolute Gasteiger partial charge is 0.478 e. The maximum absolute atomic E-state index is 12.7. The highest BCUT2D eigenvalue weighted by Crippen LogP contribution is 2.37. The van der Waals surface area contributed by atoms with Crippen molar-refractivity contribution in [3.05, 3.63) is 43.7 Å². The molecule has 18 nitrogen and oxygen atoms in total. The van der Waals surface area contributed by atoms with E-state index < -0.39 is 54.8 Å². The average molecular weight is 1510 g/mol. The van der Waals surface area contributed by atoms with Gasteiger partial charge in [0.25, 0.3) is 11.8 Å². The van der Waals surface area contributed by atoms with Crippen LogP contribution in [0.3, 0.4) is 0 Å². The summed E-state index contributed by atoms with van der Waals surface area (Å²) in [6.07, 6.45) is -0.714. The first-order valence-electron chi connectivity index (χ1n) is 17.5. The molecule has 12 N–H and O–H groups in total. The molecule has 0 saturated carbocycles. The number of aliphatic hydroxyl groups excluding tert-OH is 5. The fourth-order valence-corrected chi connectivity index (χ4v) is 13.9. The minimum atomic E-state index is -1.55. The number of benzene rings is 2. The second-order valence-corrected chi connectivity index (χ2v) is 18.9. The topological polar surface area (TPSA) is 304 Å². The van der Waals surface area contributed by atoms with Crippen LogP contribution in [0.4, 0.5) is 11.4 Å². The van der Waals surface area contributed by atoms with Crippen LogP contribution in [0.2, 0.25) is 0 Å². The number of anilines is 2. The van der Waals surface area contributed by atoms with Gasteiger partial charge in [-0.1, -0.05) is 25.7 Å². The van der Waals surface area contributed by atoms with Crippen LogP contribution in [-0.4, -0.2) is 130 Å². The zero-order valence-corrected chi connectivity index (χ0v) is 44.7. The zero-order valence-electron chi connectivity index (χ0n) is 31.7. The van der Waals surface area contributed by atoms with Crippen molar-refractivity contribution in [3.8, 4) is 0 Å². The Labute approximate surface area is 422 Å². The average Bonchev–Trinajstić information content (AvgIpc) is 3.17. The van der Waals surface area contributed by atoms with Crippen molar-refractivity contribution in [2.75, 3.05) is 44.9 Å². The Hall–Kier alpha value is -0.600. The predicted molar refractivity (Wildman–Crippen MR) is 269 cm³/mol. The summed E-state index contributed by atoms with van der Waals surface area (Å²) in [6.45, 7) is -0.569. The minimum absolute atomic E-state index is 0.0362. The normalized spacial score (nSPS) is 12.9. The van der Waals surface area contributed by atoms with Crippen LogP contribution in [0.1, 0.15) is 92.8 Å². The van der Waals surface area contributed by atoms with Crippen LogP contribution < -0.4 is 26.6 Å². The molecule has 0 aromatic heterocycles. The van der Waals surface area contributed by atoms with E-state index in [0.29, 0.717) is 45.6 Å². The monoisotopic (exact) mass is 1500 g/mol. The quantitative estimate of drug-likeness (QED) is 0.0626. The Balaban J connectivity index is 0.00000114. The highest BCUT2D eigenvalue weighted by Gasteiger charge is 2.31. The number of aromatic carboxylic acids is 2. The number of hydrogen-bond acceptors (Lipinski definition) is 12. The van der Waals surface area contributed by atoms with Crippen molar-refractivity contribution in [2.24, 2.45) is 0 Å². The number of unbranched alkanes of at least 4 members (excludes halogenated alkanes) is 5. The van der Waals surface area contributed by atoms with Crippen LogP contribution in [0, 0.1) is 21.4 Å². The molecule has 0 fully saturated rings. The van der Waals surface area contributed by atoms with Crippen LogP contribution in [0.5, 0.6) is 0 Å². The second-order valence-electron chi connectivity index (χ2n) is 12.5. The van der Waals surface area contributed by atoms with Crippen LogP contribution in [0.25, 0.3) is 0 Å². The van der Waals surface area contributed by atoms with Crippen molar-refractivity contribution in [2.45, 2.75) is 75.8 Å². The van der Waals surface area contributed by atoms with Crippen LogP contribution in [-0.2, 0) is 9.59 Å². The van der Waals surface area contributed by atoms with Crippen molar-refractivity contribution in [1.29, 1.82) is 0 Å². The van der Waals surface area contributed by atoms with Crippen LogP contribution >= 0.6 is 136 Å². The maximum Gasteiger partial charge on any atom is 0.337 e. The highest BCUT2D eigenvalue weighted by molar-refractivity contribution is 14.1. The third kappa shape index (κ3) is 16.5. The van der Waals surface area contributed by atoms with Gasteiger partial charge in [-0.15, -0.1) is 0 Å². The lowest BCUT2D eigenvalue weighted by molar-refractivity contribution is -0.117. The number of rotatable bonds is 21. The highest BCUT2D eigenvalue weighted by atomic mass is 127. The molecule has 24 heteroatoms. The molecule has 0 radical (unpaired) electrons. The molecule has 0 aliphatic rings. The van der Waals surface area contributed by atoms with Gasteiger partial charge in [-0.2, -0.15) is 0 Å². The summed E-state index contributed by atoms with van der Waals surface area (Å²) in [5.74, 6) is -3.82. The Bertz CT molecular complexity index is 1740. The molecule has 2 aromatic rings. The molecule has 2 aromatic carbocycles. The number of carboxylic acids is 2. The van der Waals surface area contributed by atoms with Gasteiger partial charge >= 0.3 is 11.9 Å². The Morgan fingerprint density at radius 3 is 1.14 bits per heavy atom. The van der Waals surface area contributed by atoms with E-state index in [-0.39, 0.29) is 53.5 Å². The summed E-state index contributed by atoms with van der Waals surface area (Å²) in [6, 6.07) is 0. The summed E-state index contributed by atoms with van der Waals surface area (Å²) in [5, 5.41) is 77.5. The van der Waals surface area contributed by atoms with E-state index in [1.165, 1.54) is 14.1 Å². The van der Waals surface area contributed by atoms with Gasteiger partial charge in [0.1, 0.15) is 18.3 Å². The van der Waals surface area contributed by atoms with Crippen molar-refractivity contribution < 1.29 is 64.5 Å². The van der Waals surface area contributed by atoms with Gasteiger partial charge in [0.2, 0.25) is 11.8 Å². The van der Waals surface area contributed by atoms with E-state index >= 15 is 0 Å². The number of carboxylic acid groups (broad SMARTS) is 2. The molecule has 330 valence electrons. The Kier molecular flexibility index (Phi) is 27.0. The van der Waals surface area contributed by atoms with E-state index in [9.17, 15) is 44.1 Å². The number of halogens is 6. The number of hydrogen-bond donors (Lipinski definition) is 12. The van der Waals surface area contributed by atoms with E-state index in [4.69, 9.17) is 20.4 Å². The van der Waals surface area contributed by atoms with Crippen molar-refractivity contribution >= 4 is 182 Å². The number of carbonyl (C=O) groups excluding carboxylic acids is 4. The second kappa shape index (κ2) is 28.2. The lowest BCUT2D eigenvalue weighted by Gasteiger charge is -2.25. The molecular formula is C35H45I6N5O13. The van der Waals surface area contributed by atoms with E-state index in [0.717, 1.165) is 25.7 Å². The summed E-state index contributed by atoms with van der Waals surface area (Å²) < 4.78 is 2.24. The lowest BCUT2D eigenvalue weighted by Crippen LogP contribution is -2.48. The third-order valence-corrected chi connectivity index (χ3v) is 14.8. The minimum Gasteiger partial charge on any atom is -0.478 e. The standard InChI is InChI=1S/C28H28I6N4O8.C7H17NO5/c1-35-25(41)13-17(29)15(27(43)44)21(33)23(19(13)31)37-11(39)9-7-5-3-4-6-8-10-12(40)38-24-20(32)14(26(42)36-2)18(30)16(22(24)34)28(45)46;1-8-2-4(10)6(12)7(13)5(11)3-9/h3-10H2,1-2H3,(H,35,41)(H,36,42)(H,37,39)(H,38,40)(H,43,44)(H,45,46);4-13H,2-3H2,1H3/t;4-,5+,6+,7+/m.0/s1. The van der Waals surface area contributed by atoms with Gasteiger partial charge in [-0.3, -0.25) is 19.2 Å². The fourth-order valence-electron chi connectivity index (χ4n) is 5.15. The molecule has 4 amide bonds. The van der Waals surface area contributed by atoms with Gasteiger partial charge < -0.3 is 62.3 Å². The van der Waals surface area contributed by atoms with E-state index in [2.05, 4.69) is 26.6 Å². The van der Waals surface area contributed by atoms with Gasteiger partial charge in [-0.05, 0) is 155 Å². The van der Waals surface area contributed by atoms with Gasteiger partial charge in [0.15, 0.2) is 0 Å². The molecule has 0 aliphatic heterocycles. The van der Waals surface area contributed by atoms with Gasteiger partial charge in [0, 0.05) is 40.6 Å². The molecule has 2 rings (SSSR count). The SMILES string of the molecule is CNC(=O)c1c(I)c(NC(=O)CCCCCCCCC(=O)Nc2c(I)c(C(=O)O)c(I)c(C(=O)NC)c2I)c(I)c(C(=O)O)c1I.CNC[C@H](O)[C@@H](O)[C@H](O)[C@H](O)CO. The molecule has 4 atom stereocenters. The molecule has 0 bridgehead atoms. The molecule has 0 unspecified atom stereocenters. The molecule has 59 heavy (non-hydrogen) atoms. The molecule has 0 aliphatic carbocycles. The number of nitrogens with one attached hydrogen (secondary N) is 5. The Morgan fingerprint density at radius 1 is 0.508 bits per heavy atom. The summed E-state index contributed by atoms with van der Waals surface area (Å²) in [4.78, 5) is 74.2. The number of amides is 4. The number of likely N-dealkylation sites (N-methyl/N-ethyl adjacent to an activating group) is 1. The third-order valence-electron chi connectivity index (χ3n) is 8.30. The summed E-state index contributed by atoms with van der Waals surface area (Å²) in [7, 11) is 4.48. The molecule has 0 spiro atoms. The first-order valence-corrected chi connectivity index (χ1v) is 24.0. The molecule has 0 heterocycles.